The second kappa shape index (κ2) is 5.93. The molecule has 1 aromatic carbocycles. The summed E-state index contributed by atoms with van der Waals surface area (Å²) < 4.78 is 0.529. The van der Waals surface area contributed by atoms with E-state index in [9.17, 15) is 4.79 Å². The van der Waals surface area contributed by atoms with Crippen molar-refractivity contribution < 1.29 is 4.79 Å². The number of anilines is 1. The van der Waals surface area contributed by atoms with Crippen LogP contribution in [0.25, 0.3) is 6.08 Å². The topological polar surface area (TPSA) is 20.3 Å². The van der Waals surface area contributed by atoms with Gasteiger partial charge in [-0.3, -0.25) is 9.69 Å². The van der Waals surface area contributed by atoms with Crippen molar-refractivity contribution in [1.29, 1.82) is 0 Å². The highest BCUT2D eigenvalue weighted by atomic mass is 35.5. The molecule has 0 aliphatic carbocycles. The van der Waals surface area contributed by atoms with Gasteiger partial charge in [-0.25, -0.2) is 0 Å². The van der Waals surface area contributed by atoms with Crippen LogP contribution in [0.1, 0.15) is 9.75 Å². The molecule has 6 heteroatoms. The summed E-state index contributed by atoms with van der Waals surface area (Å²) in [5.74, 6) is -0.0988. The smallest absolute Gasteiger partial charge is 0.268 e. The number of benzene rings is 1. The monoisotopic (exact) mass is 351 g/mol. The number of thioether (sulfide) groups is 1. The first-order valence-corrected chi connectivity index (χ1v) is 8.56. The van der Waals surface area contributed by atoms with Gasteiger partial charge in [0.25, 0.3) is 5.91 Å². The molecule has 2 aromatic rings. The molecule has 1 saturated heterocycles. The molecule has 0 bridgehead atoms. The van der Waals surface area contributed by atoms with Crippen LogP contribution in [-0.4, -0.2) is 10.2 Å². The van der Waals surface area contributed by atoms with E-state index in [1.807, 2.05) is 37.3 Å². The molecule has 0 saturated carbocycles. The van der Waals surface area contributed by atoms with Crippen molar-refractivity contribution in [2.24, 2.45) is 0 Å². The Morgan fingerprint density at radius 3 is 2.76 bits per heavy atom. The van der Waals surface area contributed by atoms with E-state index in [2.05, 4.69) is 0 Å². The van der Waals surface area contributed by atoms with E-state index in [0.717, 1.165) is 4.88 Å². The van der Waals surface area contributed by atoms with Gasteiger partial charge >= 0.3 is 0 Å². The Hall–Kier alpha value is -1.14. The van der Waals surface area contributed by atoms with Gasteiger partial charge in [0, 0.05) is 14.8 Å². The summed E-state index contributed by atoms with van der Waals surface area (Å²) in [6.45, 7) is 2.04. The van der Waals surface area contributed by atoms with Crippen molar-refractivity contribution >= 4 is 68.9 Å². The summed E-state index contributed by atoms with van der Waals surface area (Å²) in [7, 11) is 0. The van der Waals surface area contributed by atoms with E-state index in [4.69, 9.17) is 23.8 Å². The molecule has 1 aliphatic rings. The van der Waals surface area contributed by atoms with E-state index in [1.165, 1.54) is 21.5 Å². The lowest BCUT2D eigenvalue weighted by atomic mass is 10.3. The molecular weight excluding hydrogens is 342 g/mol. The quantitative estimate of drug-likeness (QED) is 0.553. The van der Waals surface area contributed by atoms with Crippen LogP contribution in [0.4, 0.5) is 5.69 Å². The third-order valence-corrected chi connectivity index (χ3v) is 5.38. The van der Waals surface area contributed by atoms with Gasteiger partial charge in [0.2, 0.25) is 0 Å². The zero-order valence-corrected chi connectivity index (χ0v) is 14.2. The molecule has 0 N–H and O–H groups in total. The summed E-state index contributed by atoms with van der Waals surface area (Å²) in [4.78, 5) is 17.0. The van der Waals surface area contributed by atoms with Crippen molar-refractivity contribution in [2.75, 3.05) is 4.90 Å². The minimum atomic E-state index is -0.0988. The van der Waals surface area contributed by atoms with E-state index in [1.54, 1.807) is 23.5 Å². The van der Waals surface area contributed by atoms with E-state index in [-0.39, 0.29) is 5.91 Å². The van der Waals surface area contributed by atoms with Crippen molar-refractivity contribution in [3.8, 4) is 0 Å². The fraction of sp³-hybridized carbons (Fsp3) is 0.0667. The summed E-state index contributed by atoms with van der Waals surface area (Å²) in [6.07, 6.45) is 1.89. The van der Waals surface area contributed by atoms with Gasteiger partial charge in [0.15, 0.2) is 4.32 Å². The molecule has 3 rings (SSSR count). The lowest BCUT2D eigenvalue weighted by Gasteiger charge is -2.14. The Morgan fingerprint density at radius 1 is 1.29 bits per heavy atom. The molecule has 2 nitrogen and oxygen atoms in total. The van der Waals surface area contributed by atoms with Crippen molar-refractivity contribution in [3.05, 3.63) is 56.1 Å². The zero-order valence-electron chi connectivity index (χ0n) is 11.0. The number of nitrogens with zero attached hydrogens (tertiary/aromatic N) is 1. The van der Waals surface area contributed by atoms with Gasteiger partial charge in [-0.1, -0.05) is 41.6 Å². The number of carbonyl (C=O) groups is 1. The van der Waals surface area contributed by atoms with E-state index >= 15 is 0 Å². The SMILES string of the molecule is Cc1ccc(/C=C2\SC(=S)N(c3cccc(Cl)c3)C2=O)s1. The average molecular weight is 352 g/mol. The number of aryl methyl sites for hydroxylation is 1. The van der Waals surface area contributed by atoms with Crippen LogP contribution in [0.15, 0.2) is 41.3 Å². The predicted molar refractivity (Wildman–Crippen MR) is 96.2 cm³/mol. The number of hydrogen-bond acceptors (Lipinski definition) is 4. The Bertz CT molecular complexity index is 766. The number of rotatable bonds is 2. The summed E-state index contributed by atoms with van der Waals surface area (Å²) in [5, 5.41) is 0.583. The molecule has 0 spiro atoms. The minimum Gasteiger partial charge on any atom is -0.268 e. The molecule has 21 heavy (non-hydrogen) atoms. The van der Waals surface area contributed by atoms with Crippen LogP contribution in [0.2, 0.25) is 5.02 Å². The number of carbonyl (C=O) groups excluding carboxylic acids is 1. The van der Waals surface area contributed by atoms with Gasteiger partial charge in [0.1, 0.15) is 0 Å². The number of hydrogen-bond donors (Lipinski definition) is 0. The fourth-order valence-electron chi connectivity index (χ4n) is 1.97. The number of thiophene rings is 1. The van der Waals surface area contributed by atoms with Crippen molar-refractivity contribution in [1.82, 2.24) is 0 Å². The average Bonchev–Trinajstić information content (AvgIpc) is 2.94. The molecule has 1 aliphatic heterocycles. The normalized spacial score (nSPS) is 17.0. The molecule has 0 radical (unpaired) electrons. The molecule has 1 aromatic heterocycles. The second-order valence-corrected chi connectivity index (χ2v) is 7.88. The Labute approximate surface area is 141 Å². The number of amides is 1. The second-order valence-electron chi connectivity index (χ2n) is 4.45. The maximum atomic E-state index is 12.5. The predicted octanol–water partition coefficient (Wildman–Crippen LogP) is 5.12. The van der Waals surface area contributed by atoms with Crippen molar-refractivity contribution in [3.63, 3.8) is 0 Å². The molecule has 0 atom stereocenters. The number of halogens is 1. The van der Waals surface area contributed by atoms with Crippen LogP contribution in [0.3, 0.4) is 0 Å². The first-order chi connectivity index (χ1) is 10.0. The Kier molecular flexibility index (Phi) is 4.17. The summed E-state index contributed by atoms with van der Waals surface area (Å²) >= 11 is 14.3. The molecule has 0 unspecified atom stereocenters. The molecule has 106 valence electrons. The molecule has 1 amide bonds. The van der Waals surface area contributed by atoms with Gasteiger partial charge in [-0.15, -0.1) is 11.3 Å². The minimum absolute atomic E-state index is 0.0988. The van der Waals surface area contributed by atoms with Crippen LogP contribution in [0.5, 0.6) is 0 Å². The maximum absolute atomic E-state index is 12.5. The summed E-state index contributed by atoms with van der Waals surface area (Å²) in [6, 6.07) is 11.2. The van der Waals surface area contributed by atoms with Crippen LogP contribution in [-0.2, 0) is 4.79 Å². The first-order valence-electron chi connectivity index (χ1n) is 6.14. The fourth-order valence-corrected chi connectivity index (χ4v) is 4.34. The highest BCUT2D eigenvalue weighted by Crippen LogP contribution is 2.37. The lowest BCUT2D eigenvalue weighted by Crippen LogP contribution is -2.27. The van der Waals surface area contributed by atoms with Gasteiger partial charge < -0.3 is 0 Å². The van der Waals surface area contributed by atoms with E-state index in [0.29, 0.717) is 19.9 Å². The molecule has 2 heterocycles. The van der Waals surface area contributed by atoms with Crippen molar-refractivity contribution in [2.45, 2.75) is 6.92 Å². The van der Waals surface area contributed by atoms with Crippen LogP contribution in [0, 0.1) is 6.92 Å². The van der Waals surface area contributed by atoms with Gasteiger partial charge in [0.05, 0.1) is 10.6 Å². The third-order valence-electron chi connectivity index (χ3n) is 2.89. The third kappa shape index (κ3) is 3.06. The standard InChI is InChI=1S/C15H10ClNOS3/c1-9-5-6-12(20-9)8-13-14(18)17(15(19)21-13)11-4-2-3-10(16)7-11/h2-8H,1H3/b13-8-. The van der Waals surface area contributed by atoms with Gasteiger partial charge in [-0.05, 0) is 43.3 Å². The van der Waals surface area contributed by atoms with Gasteiger partial charge in [-0.2, -0.15) is 0 Å². The van der Waals surface area contributed by atoms with Crippen LogP contribution < -0.4 is 4.90 Å². The zero-order chi connectivity index (χ0) is 15.0. The summed E-state index contributed by atoms with van der Waals surface area (Å²) in [5.41, 5.74) is 0.704. The lowest BCUT2D eigenvalue weighted by molar-refractivity contribution is -0.113. The maximum Gasteiger partial charge on any atom is 0.270 e. The Morgan fingerprint density at radius 2 is 2.10 bits per heavy atom. The largest absolute Gasteiger partial charge is 0.270 e. The molecule has 1 fully saturated rings. The number of thiocarbonyl (C=S) groups is 1. The van der Waals surface area contributed by atoms with Crippen LogP contribution >= 0.6 is 46.9 Å². The highest BCUT2D eigenvalue weighted by Gasteiger charge is 2.33. The molecular formula is C15H10ClNOS3. The van der Waals surface area contributed by atoms with E-state index < -0.39 is 0 Å². The highest BCUT2D eigenvalue weighted by molar-refractivity contribution is 8.27. The Balaban J connectivity index is 1.94. The first kappa shape index (κ1) is 14.8.